The number of rotatable bonds is 4. The van der Waals surface area contributed by atoms with E-state index >= 15 is 0 Å². The molecule has 1 fully saturated rings. The number of para-hydroxylation sites is 2. The van der Waals surface area contributed by atoms with Crippen molar-refractivity contribution in [3.63, 3.8) is 0 Å². The van der Waals surface area contributed by atoms with Gasteiger partial charge in [-0.1, -0.05) is 12.1 Å². The minimum atomic E-state index is -2.90. The van der Waals surface area contributed by atoms with E-state index in [-0.39, 0.29) is 29.4 Å². The molecule has 1 amide bonds. The third-order valence-corrected chi connectivity index (χ3v) is 6.01. The maximum atomic E-state index is 12.3. The highest BCUT2D eigenvalue weighted by atomic mass is 32.2. The van der Waals surface area contributed by atoms with Crippen molar-refractivity contribution in [3.8, 4) is 0 Å². The molecule has 1 N–H and O–H groups in total. The number of benzene rings is 1. The Kier molecular flexibility index (Phi) is 3.90. The SMILES string of the molecule is C[C@@H](C(=O)NC[C@H]1CCS(=O)(=O)C1)n1cnc2ccccc21. The van der Waals surface area contributed by atoms with Gasteiger partial charge in [0.25, 0.3) is 0 Å². The zero-order chi connectivity index (χ0) is 15.7. The van der Waals surface area contributed by atoms with Crippen molar-refractivity contribution in [1.29, 1.82) is 0 Å². The number of hydrogen-bond donors (Lipinski definition) is 1. The summed E-state index contributed by atoms with van der Waals surface area (Å²) in [5, 5.41) is 2.86. The van der Waals surface area contributed by atoms with Crippen LogP contribution in [0.1, 0.15) is 19.4 Å². The second-order valence-electron chi connectivity index (χ2n) is 5.83. The molecular weight excluding hydrogens is 302 g/mol. The number of fused-ring (bicyclic) bond motifs is 1. The summed E-state index contributed by atoms with van der Waals surface area (Å²) in [7, 11) is -2.90. The van der Waals surface area contributed by atoms with Gasteiger partial charge in [0.1, 0.15) is 6.04 Å². The van der Waals surface area contributed by atoms with E-state index in [4.69, 9.17) is 0 Å². The number of sulfone groups is 1. The van der Waals surface area contributed by atoms with Gasteiger partial charge in [0.15, 0.2) is 9.84 Å². The number of carbonyl (C=O) groups excluding carboxylic acids is 1. The van der Waals surface area contributed by atoms with Crippen molar-refractivity contribution in [2.45, 2.75) is 19.4 Å². The van der Waals surface area contributed by atoms with Crippen molar-refractivity contribution < 1.29 is 13.2 Å². The maximum absolute atomic E-state index is 12.3. The second kappa shape index (κ2) is 5.72. The van der Waals surface area contributed by atoms with E-state index in [1.807, 2.05) is 35.8 Å². The lowest BCUT2D eigenvalue weighted by atomic mass is 10.1. The molecule has 7 heteroatoms. The Bertz CT molecular complexity index is 797. The van der Waals surface area contributed by atoms with Crippen molar-refractivity contribution in [2.75, 3.05) is 18.1 Å². The van der Waals surface area contributed by atoms with Gasteiger partial charge in [-0.25, -0.2) is 13.4 Å². The van der Waals surface area contributed by atoms with Gasteiger partial charge in [0.05, 0.1) is 28.9 Å². The van der Waals surface area contributed by atoms with E-state index in [1.165, 1.54) is 0 Å². The quantitative estimate of drug-likeness (QED) is 0.916. The topological polar surface area (TPSA) is 81.1 Å². The first-order valence-electron chi connectivity index (χ1n) is 7.36. The number of aromatic nitrogens is 2. The number of hydrogen-bond acceptors (Lipinski definition) is 4. The van der Waals surface area contributed by atoms with Crippen molar-refractivity contribution in [2.24, 2.45) is 5.92 Å². The number of amides is 1. The normalized spacial score (nSPS) is 21.8. The molecule has 0 unspecified atom stereocenters. The third kappa shape index (κ3) is 2.99. The molecule has 1 aliphatic rings. The standard InChI is InChI=1S/C15H19N3O3S/c1-11(18-10-17-13-4-2-3-5-14(13)18)15(19)16-8-12-6-7-22(20,21)9-12/h2-5,10-12H,6-9H2,1H3,(H,16,19)/t11-,12+/m0/s1. The zero-order valence-corrected chi connectivity index (χ0v) is 13.2. The summed E-state index contributed by atoms with van der Waals surface area (Å²) in [6.07, 6.45) is 2.29. The van der Waals surface area contributed by atoms with Crippen LogP contribution in [0.4, 0.5) is 0 Å². The summed E-state index contributed by atoms with van der Waals surface area (Å²) in [4.78, 5) is 16.6. The fraction of sp³-hybridized carbons (Fsp3) is 0.467. The van der Waals surface area contributed by atoms with Gasteiger partial charge in [0, 0.05) is 6.54 Å². The molecule has 2 heterocycles. The minimum absolute atomic E-state index is 0.0284. The molecular formula is C15H19N3O3S. The Morgan fingerprint density at radius 2 is 2.23 bits per heavy atom. The Morgan fingerprint density at radius 1 is 1.45 bits per heavy atom. The number of carbonyl (C=O) groups is 1. The molecule has 1 aliphatic heterocycles. The summed E-state index contributed by atoms with van der Waals surface area (Å²) in [6, 6.07) is 7.26. The summed E-state index contributed by atoms with van der Waals surface area (Å²) < 4.78 is 24.7. The summed E-state index contributed by atoms with van der Waals surface area (Å²) >= 11 is 0. The molecule has 0 saturated carbocycles. The van der Waals surface area contributed by atoms with E-state index in [0.29, 0.717) is 13.0 Å². The van der Waals surface area contributed by atoms with Crippen LogP contribution in [0, 0.1) is 5.92 Å². The molecule has 22 heavy (non-hydrogen) atoms. The highest BCUT2D eigenvalue weighted by molar-refractivity contribution is 7.91. The summed E-state index contributed by atoms with van der Waals surface area (Å²) in [6.45, 7) is 2.23. The van der Waals surface area contributed by atoms with Crippen molar-refractivity contribution in [1.82, 2.24) is 14.9 Å². The molecule has 2 atom stereocenters. The average molecular weight is 321 g/mol. The van der Waals surface area contributed by atoms with Gasteiger partial charge in [-0.3, -0.25) is 4.79 Å². The van der Waals surface area contributed by atoms with Crippen LogP contribution in [0.25, 0.3) is 11.0 Å². The van der Waals surface area contributed by atoms with Gasteiger partial charge >= 0.3 is 0 Å². The Morgan fingerprint density at radius 3 is 2.95 bits per heavy atom. The Hall–Kier alpha value is -1.89. The van der Waals surface area contributed by atoms with E-state index in [1.54, 1.807) is 6.33 Å². The van der Waals surface area contributed by atoms with Gasteiger partial charge in [-0.05, 0) is 31.4 Å². The monoisotopic (exact) mass is 321 g/mol. The molecule has 0 radical (unpaired) electrons. The Labute approximate surface area is 129 Å². The molecule has 2 aromatic rings. The predicted octanol–water partition coefficient (Wildman–Crippen LogP) is 1.15. The molecule has 1 aromatic carbocycles. The molecule has 1 saturated heterocycles. The first-order chi connectivity index (χ1) is 10.5. The van der Waals surface area contributed by atoms with E-state index < -0.39 is 9.84 Å². The minimum Gasteiger partial charge on any atom is -0.354 e. The average Bonchev–Trinajstić information content (AvgIpc) is 3.07. The molecule has 3 rings (SSSR count). The van der Waals surface area contributed by atoms with E-state index in [0.717, 1.165) is 11.0 Å². The fourth-order valence-electron chi connectivity index (χ4n) is 2.84. The van der Waals surface area contributed by atoms with Gasteiger partial charge in [-0.15, -0.1) is 0 Å². The van der Waals surface area contributed by atoms with Crippen LogP contribution in [-0.4, -0.2) is 41.9 Å². The van der Waals surface area contributed by atoms with Crippen LogP contribution in [0.2, 0.25) is 0 Å². The molecule has 0 aliphatic carbocycles. The first-order valence-corrected chi connectivity index (χ1v) is 9.18. The molecule has 0 spiro atoms. The summed E-state index contributed by atoms with van der Waals surface area (Å²) in [5.41, 5.74) is 1.76. The van der Waals surface area contributed by atoms with Crippen LogP contribution >= 0.6 is 0 Å². The molecule has 6 nitrogen and oxygen atoms in total. The summed E-state index contributed by atoms with van der Waals surface area (Å²) in [5.74, 6) is 0.318. The fourth-order valence-corrected chi connectivity index (χ4v) is 4.70. The van der Waals surface area contributed by atoms with E-state index in [2.05, 4.69) is 10.3 Å². The number of nitrogens with one attached hydrogen (secondary N) is 1. The van der Waals surface area contributed by atoms with Crippen LogP contribution in [0.5, 0.6) is 0 Å². The molecule has 118 valence electrons. The lowest BCUT2D eigenvalue weighted by molar-refractivity contribution is -0.123. The van der Waals surface area contributed by atoms with Crippen LogP contribution in [0.3, 0.4) is 0 Å². The van der Waals surface area contributed by atoms with Gasteiger partial charge in [0.2, 0.25) is 5.91 Å². The van der Waals surface area contributed by atoms with Crippen molar-refractivity contribution in [3.05, 3.63) is 30.6 Å². The lowest BCUT2D eigenvalue weighted by Crippen LogP contribution is -2.34. The van der Waals surface area contributed by atoms with E-state index in [9.17, 15) is 13.2 Å². The predicted molar refractivity (Wildman–Crippen MR) is 84.2 cm³/mol. The third-order valence-electron chi connectivity index (χ3n) is 4.17. The van der Waals surface area contributed by atoms with Gasteiger partial charge < -0.3 is 9.88 Å². The highest BCUT2D eigenvalue weighted by Gasteiger charge is 2.28. The molecule has 1 aromatic heterocycles. The van der Waals surface area contributed by atoms with Crippen LogP contribution < -0.4 is 5.32 Å². The van der Waals surface area contributed by atoms with Crippen molar-refractivity contribution >= 4 is 26.8 Å². The molecule has 0 bridgehead atoms. The zero-order valence-electron chi connectivity index (χ0n) is 12.4. The first kappa shape index (κ1) is 15.0. The van der Waals surface area contributed by atoms with Crippen LogP contribution in [0.15, 0.2) is 30.6 Å². The Balaban J connectivity index is 1.65. The van der Waals surface area contributed by atoms with Crippen LogP contribution in [-0.2, 0) is 14.6 Å². The largest absolute Gasteiger partial charge is 0.354 e. The van der Waals surface area contributed by atoms with Gasteiger partial charge in [-0.2, -0.15) is 0 Å². The maximum Gasteiger partial charge on any atom is 0.242 e. The smallest absolute Gasteiger partial charge is 0.242 e. The second-order valence-corrected chi connectivity index (χ2v) is 8.06. The number of nitrogens with zero attached hydrogens (tertiary/aromatic N) is 2. The number of imidazole rings is 1. The lowest BCUT2D eigenvalue weighted by Gasteiger charge is -2.16. The highest BCUT2D eigenvalue weighted by Crippen LogP contribution is 2.19.